The van der Waals surface area contributed by atoms with Gasteiger partial charge < -0.3 is 15.2 Å². The Hall–Kier alpha value is -1.26. The molecule has 0 saturated heterocycles. The van der Waals surface area contributed by atoms with Crippen LogP contribution < -0.4 is 10.1 Å². The fourth-order valence-electron chi connectivity index (χ4n) is 2.98. The molecule has 116 valence electrons. The van der Waals surface area contributed by atoms with E-state index in [-0.39, 0.29) is 30.4 Å². The summed E-state index contributed by atoms with van der Waals surface area (Å²) in [5, 5.41) is 13.1. The fraction of sp³-hybridized carbons (Fsp3) is 0.562. The molecule has 1 aromatic rings. The van der Waals surface area contributed by atoms with Gasteiger partial charge in [0, 0.05) is 22.0 Å². The Balaban J connectivity index is 2.06. The van der Waals surface area contributed by atoms with E-state index in [4.69, 9.17) is 16.3 Å². The van der Waals surface area contributed by atoms with Crippen LogP contribution in [0.25, 0.3) is 0 Å². The highest BCUT2D eigenvalue weighted by molar-refractivity contribution is 6.31. The van der Waals surface area contributed by atoms with E-state index >= 15 is 0 Å². The number of amides is 1. The zero-order valence-electron chi connectivity index (χ0n) is 12.5. The molecule has 2 atom stereocenters. The Bertz CT molecular complexity index is 520. The molecule has 2 unspecified atom stereocenters. The highest BCUT2D eigenvalue weighted by atomic mass is 35.5. The molecule has 1 fully saturated rings. The maximum absolute atomic E-state index is 12.3. The number of carbonyl (C=O) groups is 1. The van der Waals surface area contributed by atoms with Gasteiger partial charge in [-0.2, -0.15) is 0 Å². The summed E-state index contributed by atoms with van der Waals surface area (Å²) in [7, 11) is 1.56. The molecule has 21 heavy (non-hydrogen) atoms. The molecule has 0 aromatic heterocycles. The lowest BCUT2D eigenvalue weighted by Crippen LogP contribution is -2.45. The van der Waals surface area contributed by atoms with E-state index in [0.717, 1.165) is 19.3 Å². The highest BCUT2D eigenvalue weighted by Gasteiger charge is 2.39. The molecule has 1 aromatic carbocycles. The maximum Gasteiger partial charge on any atom is 0.224 e. The standard InChI is InChI=1S/C16H22ClNO3/c1-16(10-19)8-4-7-14(16)18-15(20)9-11-12(17)5-3-6-13(11)21-2/h3,5-6,14,19H,4,7-10H2,1-2H3,(H,18,20). The van der Waals surface area contributed by atoms with Gasteiger partial charge in [0.05, 0.1) is 20.1 Å². The van der Waals surface area contributed by atoms with Crippen LogP contribution in [0.1, 0.15) is 31.7 Å². The molecule has 0 radical (unpaired) electrons. The summed E-state index contributed by atoms with van der Waals surface area (Å²) in [4.78, 5) is 12.3. The fourth-order valence-corrected chi connectivity index (χ4v) is 3.21. The van der Waals surface area contributed by atoms with Crippen molar-refractivity contribution in [1.82, 2.24) is 5.32 Å². The normalized spacial score (nSPS) is 24.9. The minimum absolute atomic E-state index is 0.0171. The van der Waals surface area contributed by atoms with Gasteiger partial charge in [-0.15, -0.1) is 0 Å². The van der Waals surface area contributed by atoms with Crippen LogP contribution in [-0.2, 0) is 11.2 Å². The highest BCUT2D eigenvalue weighted by Crippen LogP contribution is 2.37. The number of methoxy groups -OCH3 is 1. The van der Waals surface area contributed by atoms with Gasteiger partial charge in [-0.05, 0) is 25.0 Å². The number of hydrogen-bond donors (Lipinski definition) is 2. The number of aliphatic hydroxyl groups excluding tert-OH is 1. The Morgan fingerprint density at radius 1 is 1.57 bits per heavy atom. The molecule has 1 amide bonds. The lowest BCUT2D eigenvalue weighted by molar-refractivity contribution is -0.122. The van der Waals surface area contributed by atoms with E-state index in [9.17, 15) is 9.90 Å². The molecule has 0 bridgehead atoms. The SMILES string of the molecule is COc1cccc(Cl)c1CC(=O)NC1CCCC1(C)CO. The smallest absolute Gasteiger partial charge is 0.224 e. The molecule has 0 spiro atoms. The maximum atomic E-state index is 12.3. The minimum atomic E-state index is -0.222. The monoisotopic (exact) mass is 311 g/mol. The lowest BCUT2D eigenvalue weighted by atomic mass is 9.85. The summed E-state index contributed by atoms with van der Waals surface area (Å²) in [6.45, 7) is 2.11. The van der Waals surface area contributed by atoms with Crippen LogP contribution >= 0.6 is 11.6 Å². The first-order chi connectivity index (χ1) is 10.00. The summed E-state index contributed by atoms with van der Waals surface area (Å²) in [5.41, 5.74) is 0.475. The van der Waals surface area contributed by atoms with Gasteiger partial charge in [-0.1, -0.05) is 31.0 Å². The van der Waals surface area contributed by atoms with E-state index < -0.39 is 0 Å². The number of hydrogen-bond acceptors (Lipinski definition) is 3. The summed E-state index contributed by atoms with van der Waals surface area (Å²) in [6.07, 6.45) is 3.05. The van der Waals surface area contributed by atoms with Crippen molar-refractivity contribution in [2.45, 2.75) is 38.6 Å². The molecule has 1 aliphatic rings. The van der Waals surface area contributed by atoms with Crippen molar-refractivity contribution in [2.75, 3.05) is 13.7 Å². The van der Waals surface area contributed by atoms with E-state index in [1.807, 2.05) is 6.92 Å². The first-order valence-electron chi connectivity index (χ1n) is 7.22. The predicted molar refractivity (Wildman–Crippen MR) is 82.7 cm³/mol. The van der Waals surface area contributed by atoms with Crippen molar-refractivity contribution < 1.29 is 14.6 Å². The van der Waals surface area contributed by atoms with Crippen molar-refractivity contribution in [3.8, 4) is 5.75 Å². The number of nitrogens with one attached hydrogen (secondary N) is 1. The summed E-state index contributed by atoms with van der Waals surface area (Å²) < 4.78 is 5.25. The largest absolute Gasteiger partial charge is 0.496 e. The van der Waals surface area contributed by atoms with E-state index in [2.05, 4.69) is 5.32 Å². The van der Waals surface area contributed by atoms with E-state index in [0.29, 0.717) is 16.3 Å². The predicted octanol–water partition coefficient (Wildman–Crippen LogP) is 2.56. The van der Waals surface area contributed by atoms with Crippen molar-refractivity contribution in [2.24, 2.45) is 5.41 Å². The summed E-state index contributed by atoms with van der Waals surface area (Å²) in [6, 6.07) is 5.35. The first kappa shape index (κ1) is 16.1. The van der Waals surface area contributed by atoms with E-state index in [1.165, 1.54) is 0 Å². The van der Waals surface area contributed by atoms with Crippen molar-refractivity contribution in [1.29, 1.82) is 0 Å². The van der Waals surface area contributed by atoms with Crippen LogP contribution in [0, 0.1) is 5.41 Å². The molecule has 0 aliphatic heterocycles. The summed E-state index contributed by atoms with van der Waals surface area (Å²) >= 11 is 6.15. The van der Waals surface area contributed by atoms with Crippen molar-refractivity contribution >= 4 is 17.5 Å². The lowest BCUT2D eigenvalue weighted by Gasteiger charge is -2.30. The third-order valence-corrected chi connectivity index (χ3v) is 4.77. The van der Waals surface area contributed by atoms with E-state index in [1.54, 1.807) is 25.3 Å². The first-order valence-corrected chi connectivity index (χ1v) is 7.59. The molecule has 1 saturated carbocycles. The van der Waals surface area contributed by atoms with Crippen LogP contribution in [0.3, 0.4) is 0 Å². The molecular weight excluding hydrogens is 290 g/mol. The Morgan fingerprint density at radius 2 is 2.33 bits per heavy atom. The third kappa shape index (κ3) is 3.50. The number of ether oxygens (including phenoxy) is 1. The van der Waals surface area contributed by atoms with Gasteiger partial charge >= 0.3 is 0 Å². The van der Waals surface area contributed by atoms with Crippen molar-refractivity contribution in [3.05, 3.63) is 28.8 Å². The molecule has 2 N–H and O–H groups in total. The Morgan fingerprint density at radius 3 is 3.00 bits per heavy atom. The number of rotatable bonds is 5. The van der Waals surface area contributed by atoms with Gasteiger partial charge in [0.2, 0.25) is 5.91 Å². The van der Waals surface area contributed by atoms with Crippen LogP contribution in [0.15, 0.2) is 18.2 Å². The quantitative estimate of drug-likeness (QED) is 0.878. The minimum Gasteiger partial charge on any atom is -0.496 e. The van der Waals surface area contributed by atoms with Gasteiger partial charge in [-0.3, -0.25) is 4.79 Å². The Kier molecular flexibility index (Phi) is 5.12. The molecule has 1 aliphatic carbocycles. The zero-order chi connectivity index (χ0) is 15.5. The molecule has 2 rings (SSSR count). The number of carbonyl (C=O) groups excluding carboxylic acids is 1. The number of aliphatic hydroxyl groups is 1. The molecule has 5 heteroatoms. The topological polar surface area (TPSA) is 58.6 Å². The average Bonchev–Trinajstić information content (AvgIpc) is 2.83. The van der Waals surface area contributed by atoms with Gasteiger partial charge in [0.15, 0.2) is 0 Å². The zero-order valence-corrected chi connectivity index (χ0v) is 13.2. The van der Waals surface area contributed by atoms with Gasteiger partial charge in [0.25, 0.3) is 0 Å². The van der Waals surface area contributed by atoms with Crippen LogP contribution in [-0.4, -0.2) is 30.8 Å². The molecular formula is C16H22ClNO3. The number of halogens is 1. The van der Waals surface area contributed by atoms with Crippen LogP contribution in [0.2, 0.25) is 5.02 Å². The molecule has 4 nitrogen and oxygen atoms in total. The summed E-state index contributed by atoms with van der Waals surface area (Å²) in [5.74, 6) is 0.530. The van der Waals surface area contributed by atoms with Crippen molar-refractivity contribution in [3.63, 3.8) is 0 Å². The second kappa shape index (κ2) is 6.67. The van der Waals surface area contributed by atoms with Crippen LogP contribution in [0.5, 0.6) is 5.75 Å². The second-order valence-electron chi connectivity index (χ2n) is 5.92. The van der Waals surface area contributed by atoms with Crippen LogP contribution in [0.4, 0.5) is 0 Å². The average molecular weight is 312 g/mol. The Labute approximate surface area is 130 Å². The second-order valence-corrected chi connectivity index (χ2v) is 6.33. The van der Waals surface area contributed by atoms with Gasteiger partial charge in [0.1, 0.15) is 5.75 Å². The number of benzene rings is 1. The van der Waals surface area contributed by atoms with Gasteiger partial charge in [-0.25, -0.2) is 0 Å². The third-order valence-electron chi connectivity index (χ3n) is 4.41. The molecule has 0 heterocycles.